The van der Waals surface area contributed by atoms with Crippen molar-refractivity contribution in [1.29, 1.82) is 0 Å². The number of esters is 2. The molecule has 3 heterocycles. The van der Waals surface area contributed by atoms with Crippen molar-refractivity contribution >= 4 is 29.4 Å². The maximum Gasteiger partial charge on any atom is 0.338 e. The first-order valence-electron chi connectivity index (χ1n) is 15.8. The van der Waals surface area contributed by atoms with Crippen LogP contribution < -0.4 is 24.4 Å². The Morgan fingerprint density at radius 3 is 2.35 bits per heavy atom. The number of allylic oxidation sites excluding steroid dienone is 1. The second-order valence-electron chi connectivity index (χ2n) is 11.8. The highest BCUT2D eigenvalue weighted by atomic mass is 32.1. The van der Waals surface area contributed by atoms with Gasteiger partial charge in [-0.25, -0.2) is 14.5 Å². The van der Waals surface area contributed by atoms with Crippen molar-refractivity contribution in [3.05, 3.63) is 126 Å². The number of methoxy groups -OCH3 is 1. The average Bonchev–Trinajstić information content (AvgIpc) is 3.60. The zero-order valence-electron chi connectivity index (χ0n) is 28.4. The van der Waals surface area contributed by atoms with Crippen molar-refractivity contribution in [3.63, 3.8) is 0 Å². The Balaban J connectivity index is 1.59. The van der Waals surface area contributed by atoms with Gasteiger partial charge in [0.25, 0.3) is 5.56 Å². The van der Waals surface area contributed by atoms with Gasteiger partial charge in [-0.1, -0.05) is 53.3 Å². The standard InChI is InChI=1S/C38H36N4O6S/c1-8-47-37(45)33-24(5)39-38-42(35(33)26-14-15-29(48-25(6)43)30(18-26)46-7)36(44)31(49-38)19-27-20-41(28-12-10-9-11-13-28)40-34(27)32-22(3)16-21(2)17-23(32)4/h9-20,35H,8H2,1-7H3. The summed E-state index contributed by atoms with van der Waals surface area (Å²) in [5.74, 6) is -0.598. The Hall–Kier alpha value is -5.55. The molecule has 3 aromatic carbocycles. The largest absolute Gasteiger partial charge is 0.493 e. The Morgan fingerprint density at radius 2 is 1.69 bits per heavy atom. The number of hydrogen-bond donors (Lipinski definition) is 0. The lowest BCUT2D eigenvalue weighted by molar-refractivity contribution is -0.139. The van der Waals surface area contributed by atoms with E-state index in [0.717, 1.165) is 39.2 Å². The molecule has 1 unspecified atom stereocenters. The van der Waals surface area contributed by atoms with Gasteiger partial charge in [0.1, 0.15) is 5.69 Å². The van der Waals surface area contributed by atoms with Crippen LogP contribution >= 0.6 is 11.3 Å². The number of thiazole rings is 1. The van der Waals surface area contributed by atoms with Gasteiger partial charge in [0.05, 0.1) is 41.2 Å². The van der Waals surface area contributed by atoms with Crippen LogP contribution in [0.1, 0.15) is 54.6 Å². The minimum atomic E-state index is -0.883. The van der Waals surface area contributed by atoms with Crippen LogP contribution in [0.3, 0.4) is 0 Å². The minimum Gasteiger partial charge on any atom is -0.493 e. The fourth-order valence-corrected chi connectivity index (χ4v) is 7.33. The van der Waals surface area contributed by atoms with E-state index < -0.39 is 18.0 Å². The number of aromatic nitrogens is 3. The third-order valence-corrected chi connectivity index (χ3v) is 9.22. The highest BCUT2D eigenvalue weighted by Crippen LogP contribution is 2.36. The summed E-state index contributed by atoms with van der Waals surface area (Å²) in [7, 11) is 1.45. The van der Waals surface area contributed by atoms with Crippen molar-refractivity contribution in [2.45, 2.75) is 47.6 Å². The van der Waals surface area contributed by atoms with Crippen LogP contribution in [0.5, 0.6) is 11.5 Å². The highest BCUT2D eigenvalue weighted by molar-refractivity contribution is 7.07. The molecule has 0 bridgehead atoms. The number of ether oxygens (including phenoxy) is 3. The van der Waals surface area contributed by atoms with Gasteiger partial charge in [0.2, 0.25) is 0 Å². The summed E-state index contributed by atoms with van der Waals surface area (Å²) in [5.41, 5.74) is 7.58. The Bertz CT molecular complexity index is 2310. The molecular weight excluding hydrogens is 641 g/mol. The smallest absolute Gasteiger partial charge is 0.338 e. The highest BCUT2D eigenvalue weighted by Gasteiger charge is 2.34. The van der Waals surface area contributed by atoms with Crippen molar-refractivity contribution < 1.29 is 23.8 Å². The van der Waals surface area contributed by atoms with E-state index in [0.29, 0.717) is 20.6 Å². The van der Waals surface area contributed by atoms with Gasteiger partial charge >= 0.3 is 11.9 Å². The van der Waals surface area contributed by atoms with Gasteiger partial charge in [0, 0.05) is 24.2 Å². The van der Waals surface area contributed by atoms with E-state index in [1.54, 1.807) is 32.0 Å². The normalized spacial score (nSPS) is 14.3. The first-order chi connectivity index (χ1) is 23.5. The number of para-hydroxylation sites is 1. The molecule has 6 rings (SSSR count). The maximum absolute atomic E-state index is 14.5. The lowest BCUT2D eigenvalue weighted by Gasteiger charge is -2.25. The van der Waals surface area contributed by atoms with E-state index in [2.05, 4.69) is 32.9 Å². The van der Waals surface area contributed by atoms with Gasteiger partial charge in [0.15, 0.2) is 16.3 Å². The second kappa shape index (κ2) is 13.5. The van der Waals surface area contributed by atoms with Crippen LogP contribution in [-0.4, -0.2) is 40.0 Å². The molecule has 0 amide bonds. The quantitative estimate of drug-likeness (QED) is 0.157. The fourth-order valence-electron chi connectivity index (χ4n) is 6.30. The van der Waals surface area contributed by atoms with Gasteiger partial charge in [-0.2, -0.15) is 5.10 Å². The number of rotatable bonds is 8. The molecule has 0 saturated carbocycles. The first-order valence-corrected chi connectivity index (χ1v) is 16.6. The molecule has 49 heavy (non-hydrogen) atoms. The van der Waals surface area contributed by atoms with Crippen molar-refractivity contribution in [1.82, 2.24) is 14.3 Å². The summed E-state index contributed by atoms with van der Waals surface area (Å²) < 4.78 is 20.0. The number of carbonyl (C=O) groups excluding carboxylic acids is 2. The number of benzene rings is 3. The van der Waals surface area contributed by atoms with E-state index in [-0.39, 0.29) is 29.2 Å². The summed E-state index contributed by atoms with van der Waals surface area (Å²) in [4.78, 5) is 44.8. The summed E-state index contributed by atoms with van der Waals surface area (Å²) in [6.45, 7) is 11.1. The lowest BCUT2D eigenvalue weighted by atomic mass is 9.95. The Kier molecular flexibility index (Phi) is 9.20. The molecule has 250 valence electrons. The second-order valence-corrected chi connectivity index (χ2v) is 12.8. The number of aryl methyl sites for hydroxylation is 3. The average molecular weight is 677 g/mol. The van der Waals surface area contributed by atoms with Crippen LogP contribution in [0.15, 0.2) is 87.9 Å². The minimum absolute atomic E-state index is 0.146. The molecule has 2 aromatic heterocycles. The fraction of sp³-hybridized carbons (Fsp3) is 0.237. The van der Waals surface area contributed by atoms with Crippen molar-refractivity contribution in [3.8, 4) is 28.4 Å². The van der Waals surface area contributed by atoms with Gasteiger partial charge in [-0.15, -0.1) is 0 Å². The van der Waals surface area contributed by atoms with Crippen LogP contribution in [0, 0.1) is 20.8 Å². The maximum atomic E-state index is 14.5. The molecule has 0 N–H and O–H groups in total. The molecule has 0 aliphatic carbocycles. The van der Waals surface area contributed by atoms with Gasteiger partial charge in [-0.05, 0) is 81.7 Å². The van der Waals surface area contributed by atoms with Crippen molar-refractivity contribution in [2.24, 2.45) is 4.99 Å². The number of nitrogens with zero attached hydrogens (tertiary/aromatic N) is 4. The lowest BCUT2D eigenvalue weighted by Crippen LogP contribution is -2.40. The first kappa shape index (κ1) is 33.4. The Labute approximate surface area is 287 Å². The van der Waals surface area contributed by atoms with E-state index in [9.17, 15) is 14.4 Å². The van der Waals surface area contributed by atoms with Crippen LogP contribution in [-0.2, 0) is 14.3 Å². The molecule has 11 heteroatoms. The predicted octanol–water partition coefficient (Wildman–Crippen LogP) is 5.51. The third kappa shape index (κ3) is 6.37. The summed E-state index contributed by atoms with van der Waals surface area (Å²) in [5, 5.41) is 5.03. The van der Waals surface area contributed by atoms with E-state index in [4.69, 9.17) is 24.3 Å². The molecule has 0 radical (unpaired) electrons. The number of carbonyl (C=O) groups is 2. The van der Waals surface area contributed by atoms with E-state index >= 15 is 0 Å². The molecule has 0 spiro atoms. The van der Waals surface area contributed by atoms with Gasteiger partial charge in [-0.3, -0.25) is 14.2 Å². The van der Waals surface area contributed by atoms with E-state index in [1.165, 1.54) is 29.9 Å². The number of fused-ring (bicyclic) bond motifs is 1. The van der Waals surface area contributed by atoms with Crippen LogP contribution in [0.2, 0.25) is 0 Å². The molecular formula is C38H36N4O6S. The SMILES string of the molecule is CCOC(=O)C1=C(C)N=c2sc(=Cc3cn(-c4ccccc4)nc3-c3c(C)cc(C)cc3C)c(=O)n2C1c1ccc(OC(C)=O)c(OC)c1. The van der Waals surface area contributed by atoms with Crippen molar-refractivity contribution in [2.75, 3.05) is 13.7 Å². The Morgan fingerprint density at radius 1 is 0.980 bits per heavy atom. The molecule has 10 nitrogen and oxygen atoms in total. The molecule has 1 atom stereocenters. The summed E-state index contributed by atoms with van der Waals surface area (Å²) >= 11 is 1.23. The molecule has 0 saturated heterocycles. The van der Waals surface area contributed by atoms with Crippen LogP contribution in [0.25, 0.3) is 23.0 Å². The van der Waals surface area contributed by atoms with Crippen LogP contribution in [0.4, 0.5) is 0 Å². The topological polar surface area (TPSA) is 114 Å². The third-order valence-electron chi connectivity index (χ3n) is 8.24. The molecule has 0 fully saturated rings. The molecule has 1 aliphatic rings. The van der Waals surface area contributed by atoms with E-state index in [1.807, 2.05) is 47.3 Å². The molecule has 1 aliphatic heterocycles. The monoisotopic (exact) mass is 676 g/mol. The zero-order chi connectivity index (χ0) is 35.0. The predicted molar refractivity (Wildman–Crippen MR) is 188 cm³/mol. The summed E-state index contributed by atoms with van der Waals surface area (Å²) in [6.07, 6.45) is 3.77. The summed E-state index contributed by atoms with van der Waals surface area (Å²) in [6, 6.07) is 18.1. The zero-order valence-corrected chi connectivity index (χ0v) is 29.2. The number of hydrogen-bond acceptors (Lipinski definition) is 9. The van der Waals surface area contributed by atoms with Gasteiger partial charge < -0.3 is 14.2 Å². The molecule has 5 aromatic rings.